The molecule has 0 unspecified atom stereocenters. The van der Waals surface area contributed by atoms with Crippen molar-refractivity contribution in [3.63, 3.8) is 0 Å². The van der Waals surface area contributed by atoms with Gasteiger partial charge in [0.05, 0.1) is 0 Å². The molecule has 0 fully saturated rings. The largest absolute Gasteiger partial charge is 0.0985 e. The first kappa shape index (κ1) is 29.2. The molecule has 8 aromatic rings. The van der Waals surface area contributed by atoms with Crippen molar-refractivity contribution in [2.24, 2.45) is 0 Å². The summed E-state index contributed by atoms with van der Waals surface area (Å²) in [6, 6.07) is 48.9. The molecule has 0 heteroatoms. The van der Waals surface area contributed by atoms with E-state index in [9.17, 15) is 0 Å². The summed E-state index contributed by atoms with van der Waals surface area (Å²) in [4.78, 5) is 0. The van der Waals surface area contributed by atoms with E-state index >= 15 is 0 Å². The fourth-order valence-electron chi connectivity index (χ4n) is 7.14. The number of benzene rings is 8. The highest BCUT2D eigenvalue weighted by atomic mass is 14.2. The topological polar surface area (TPSA) is 0 Å². The van der Waals surface area contributed by atoms with Crippen LogP contribution in [0.5, 0.6) is 0 Å². The van der Waals surface area contributed by atoms with Crippen LogP contribution in [0.3, 0.4) is 0 Å². The second-order valence-corrected chi connectivity index (χ2v) is 12.3. The third-order valence-electron chi connectivity index (χ3n) is 9.73. The average Bonchev–Trinajstić information content (AvgIpc) is 3.16. The minimum Gasteiger partial charge on any atom is -0.0985 e. The molecule has 0 saturated heterocycles. The first-order valence-electron chi connectivity index (χ1n) is 16.3. The van der Waals surface area contributed by atoms with Crippen molar-refractivity contribution >= 4 is 56.6 Å². The van der Waals surface area contributed by atoms with Gasteiger partial charge in [-0.05, 0) is 111 Å². The molecule has 0 aliphatic rings. The van der Waals surface area contributed by atoms with Crippen molar-refractivity contribution in [2.45, 2.75) is 0 Å². The zero-order chi connectivity index (χ0) is 32.8. The van der Waals surface area contributed by atoms with Crippen LogP contribution in [0.4, 0.5) is 0 Å². The Bertz CT molecular complexity index is 2150. The van der Waals surface area contributed by atoms with E-state index < -0.39 is 0 Å². The van der Waals surface area contributed by atoms with Crippen LogP contribution in [0.15, 0.2) is 160 Å². The second-order valence-electron chi connectivity index (χ2n) is 12.3. The summed E-state index contributed by atoms with van der Waals surface area (Å²) in [5.74, 6) is 0. The van der Waals surface area contributed by atoms with Gasteiger partial charge in [0.25, 0.3) is 0 Å². The zero-order valence-corrected chi connectivity index (χ0v) is 26.8. The summed E-state index contributed by atoms with van der Waals surface area (Å²) < 4.78 is 0. The van der Waals surface area contributed by atoms with Crippen molar-refractivity contribution in [1.82, 2.24) is 0 Å². The quantitative estimate of drug-likeness (QED) is 0.150. The smallest absolute Gasteiger partial charge is 0.00139 e. The molecule has 0 spiro atoms. The van der Waals surface area contributed by atoms with Crippen LogP contribution < -0.4 is 0 Å². The number of rotatable bonds is 8. The highest BCUT2D eigenvalue weighted by molar-refractivity contribution is 6.32. The molecular weight excluding hydrogens is 577 g/mol. The molecule has 0 aliphatic carbocycles. The maximum absolute atomic E-state index is 3.98. The van der Waals surface area contributed by atoms with Crippen molar-refractivity contribution < 1.29 is 0 Å². The number of hydrogen-bond donors (Lipinski definition) is 0. The minimum atomic E-state index is 1.11. The van der Waals surface area contributed by atoms with E-state index in [1.807, 2.05) is 24.3 Å². The molecule has 0 N–H and O–H groups in total. The second kappa shape index (κ2) is 11.8. The Balaban J connectivity index is 1.53. The maximum Gasteiger partial charge on any atom is -0.00139 e. The third-order valence-corrected chi connectivity index (χ3v) is 9.73. The van der Waals surface area contributed by atoms with E-state index in [0.717, 1.165) is 22.3 Å². The van der Waals surface area contributed by atoms with Crippen LogP contribution in [0, 0.1) is 0 Å². The van der Waals surface area contributed by atoms with Gasteiger partial charge in [-0.3, -0.25) is 0 Å². The van der Waals surface area contributed by atoms with Gasteiger partial charge in [-0.2, -0.15) is 0 Å². The lowest BCUT2D eigenvalue weighted by molar-refractivity contribution is 1.60. The summed E-state index contributed by atoms with van der Waals surface area (Å²) >= 11 is 0. The maximum atomic E-state index is 3.98. The normalized spacial score (nSPS) is 11.2. The van der Waals surface area contributed by atoms with E-state index in [-0.39, 0.29) is 0 Å². The van der Waals surface area contributed by atoms with Gasteiger partial charge in [-0.1, -0.05) is 172 Å². The first-order chi connectivity index (χ1) is 23.6. The molecule has 0 bridgehead atoms. The summed E-state index contributed by atoms with van der Waals surface area (Å²) in [6.45, 7) is 15.9. The summed E-state index contributed by atoms with van der Waals surface area (Å²) in [6.07, 6.45) is 7.58. The van der Waals surface area contributed by atoms with Crippen LogP contribution in [0.1, 0.15) is 22.3 Å². The van der Waals surface area contributed by atoms with Gasteiger partial charge in [0.1, 0.15) is 0 Å². The Labute approximate surface area is 282 Å². The lowest BCUT2D eigenvalue weighted by Gasteiger charge is -2.21. The van der Waals surface area contributed by atoms with Gasteiger partial charge < -0.3 is 0 Å². The van der Waals surface area contributed by atoms with Crippen molar-refractivity contribution in [3.05, 3.63) is 182 Å². The standard InChI is InChI=1S/C48H34/c1-5-31-9-17-35(18-10-31)43-29-44(36-19-11-32(6-2)12-20-36)40-27-28-42-46(38-23-15-34(8-4)16-24-38)30-45(37-21-13-33(7-3)14-22-37)41-26-25-39(43)47(40)48(41)42/h5-30H,1-4H2. The molecule has 226 valence electrons. The predicted octanol–water partition coefficient (Wildman–Crippen LogP) is 13.8. The van der Waals surface area contributed by atoms with Crippen LogP contribution in [0.2, 0.25) is 0 Å². The summed E-state index contributed by atoms with van der Waals surface area (Å²) in [5.41, 5.74) is 14.0. The molecule has 0 nitrogen and oxygen atoms in total. The fourth-order valence-corrected chi connectivity index (χ4v) is 7.14. The fraction of sp³-hybridized carbons (Fsp3) is 0. The van der Waals surface area contributed by atoms with E-state index in [0.29, 0.717) is 0 Å². The van der Waals surface area contributed by atoms with Crippen LogP contribution in [-0.2, 0) is 0 Å². The van der Waals surface area contributed by atoms with Crippen molar-refractivity contribution in [3.8, 4) is 44.5 Å². The molecule has 0 aliphatic heterocycles. The molecule has 0 atom stereocenters. The first-order valence-corrected chi connectivity index (χ1v) is 16.3. The Morgan fingerprint density at radius 3 is 0.667 bits per heavy atom. The molecule has 48 heavy (non-hydrogen) atoms. The van der Waals surface area contributed by atoms with Gasteiger partial charge in [0, 0.05) is 0 Å². The van der Waals surface area contributed by atoms with E-state index in [2.05, 4.69) is 160 Å². The van der Waals surface area contributed by atoms with E-state index in [1.54, 1.807) is 0 Å². The molecule has 0 radical (unpaired) electrons. The van der Waals surface area contributed by atoms with Gasteiger partial charge in [0.2, 0.25) is 0 Å². The Morgan fingerprint density at radius 2 is 0.479 bits per heavy atom. The molecule has 8 rings (SSSR count). The minimum absolute atomic E-state index is 1.11. The molecule has 0 amide bonds. The average molecular weight is 611 g/mol. The van der Waals surface area contributed by atoms with E-state index in [1.165, 1.54) is 76.8 Å². The zero-order valence-electron chi connectivity index (χ0n) is 26.8. The van der Waals surface area contributed by atoms with Crippen LogP contribution in [-0.4, -0.2) is 0 Å². The highest BCUT2D eigenvalue weighted by Gasteiger charge is 2.21. The van der Waals surface area contributed by atoms with Gasteiger partial charge in [0.15, 0.2) is 0 Å². The Hall–Kier alpha value is -6.24. The molecule has 0 saturated carbocycles. The molecular formula is C48H34. The molecule has 8 aromatic carbocycles. The van der Waals surface area contributed by atoms with Crippen molar-refractivity contribution in [2.75, 3.05) is 0 Å². The third kappa shape index (κ3) is 4.78. The van der Waals surface area contributed by atoms with Crippen LogP contribution in [0.25, 0.3) is 101 Å². The monoisotopic (exact) mass is 610 g/mol. The lowest BCUT2D eigenvalue weighted by Crippen LogP contribution is -1.94. The SMILES string of the molecule is C=Cc1ccc(-c2cc(-c3ccc(C=C)cc3)c3ccc4c(-c5ccc(C=C)cc5)cc(-c5ccc(C=C)cc5)c5ccc2c3c54)cc1. The van der Waals surface area contributed by atoms with Crippen molar-refractivity contribution in [1.29, 1.82) is 0 Å². The Morgan fingerprint density at radius 1 is 0.271 bits per heavy atom. The van der Waals surface area contributed by atoms with E-state index in [4.69, 9.17) is 0 Å². The van der Waals surface area contributed by atoms with Gasteiger partial charge in [-0.25, -0.2) is 0 Å². The molecule has 0 aromatic heterocycles. The highest BCUT2D eigenvalue weighted by Crippen LogP contribution is 2.48. The summed E-state index contributed by atoms with van der Waals surface area (Å²) in [7, 11) is 0. The Kier molecular flexibility index (Phi) is 7.20. The predicted molar refractivity (Wildman–Crippen MR) is 212 cm³/mol. The van der Waals surface area contributed by atoms with Crippen LogP contribution >= 0.6 is 0 Å². The van der Waals surface area contributed by atoms with Gasteiger partial charge in [-0.15, -0.1) is 0 Å². The molecule has 0 heterocycles. The number of hydrogen-bond acceptors (Lipinski definition) is 0. The summed E-state index contributed by atoms with van der Waals surface area (Å²) in [5, 5.41) is 7.54. The lowest BCUT2D eigenvalue weighted by atomic mass is 9.81. The van der Waals surface area contributed by atoms with Gasteiger partial charge >= 0.3 is 0 Å².